The molecule has 8 aromatic rings. The van der Waals surface area contributed by atoms with Crippen LogP contribution in [-0.2, 0) is 14.2 Å². The molecule has 12 aliphatic rings. The number of hydrogen-bond acceptors (Lipinski definition) is 39. The van der Waals surface area contributed by atoms with Crippen molar-refractivity contribution in [2.45, 2.75) is 227 Å². The number of ketones is 1. The van der Waals surface area contributed by atoms with Gasteiger partial charge in [-0.05, 0) is 216 Å². The number of nitrogens with zero attached hydrogens (tertiary/aromatic N) is 22. The van der Waals surface area contributed by atoms with E-state index in [1.807, 2.05) is 52.8 Å². The van der Waals surface area contributed by atoms with Gasteiger partial charge in [0.05, 0.1) is 77.7 Å². The number of aromatic nitrogens is 14. The lowest BCUT2D eigenvalue weighted by Gasteiger charge is -2.38. The first kappa shape index (κ1) is 105. The molecule has 0 unspecified atom stereocenters. The summed E-state index contributed by atoms with van der Waals surface area (Å²) in [5, 5.41) is 24.5. The number of ether oxygens (including phenoxy) is 6. The van der Waals surface area contributed by atoms with E-state index >= 15 is 0 Å². The molecule has 149 heavy (non-hydrogen) atoms. The van der Waals surface area contributed by atoms with Gasteiger partial charge in [-0.3, -0.25) is 43.2 Å². The summed E-state index contributed by atoms with van der Waals surface area (Å²) in [5.74, 6) is -1.09. The number of methoxy groups -OCH3 is 1. The minimum absolute atomic E-state index is 0.00121. The van der Waals surface area contributed by atoms with E-state index in [0.29, 0.717) is 128 Å². The average Bonchev–Trinajstić information content (AvgIpc) is 1.79. The SMILES string of the molecule is CC1(NC(=O)c2nc(OCC3(C#N)CC3)nc(N3CCC(c4ccc(N)c(C(N)=O)n4)CC3)n2)CCC1.CC1(NC(=O)c2nc(OC[C@H]3C[C@H]3C#N)nc(N3CCC(c4ccc(N)c(C(N)=O)n4)CC3)n2)CCC1.COC[C@@H]1CCCN1C(=O)c1cc(N2CCC(c3ccc(N)c(C(N)=O)n3)CC2)nc(OC[C@H]2CCCO2)n1.NC(=O)c1nc(C2CCN(c3cc(C(=O)N4CCC4)nc(C(=O)C[C@H]4CCCO4)n3)CC2)ccc1N. The van der Waals surface area contributed by atoms with E-state index in [1.54, 1.807) is 48.4 Å². The Morgan fingerprint density at radius 3 is 1.23 bits per heavy atom. The van der Waals surface area contributed by atoms with Crippen molar-refractivity contribution in [1.29, 1.82) is 10.5 Å². The maximum Gasteiger partial charge on any atom is 0.322 e. The quantitative estimate of drug-likeness (QED) is 0.0201. The zero-order valence-corrected chi connectivity index (χ0v) is 84.2. The number of carbonyl (C=O) groups is 9. The molecule has 5 atom stereocenters. The van der Waals surface area contributed by atoms with Gasteiger partial charge in [0.25, 0.3) is 47.3 Å². The van der Waals surface area contributed by atoms with Crippen LogP contribution in [0.1, 0.15) is 316 Å². The molecular weight excluding hydrogens is 1910 g/mol. The monoisotopic (exact) mass is 2040 g/mol. The van der Waals surface area contributed by atoms with E-state index in [9.17, 15) is 48.4 Å². The van der Waals surface area contributed by atoms with Gasteiger partial charge >= 0.3 is 18.0 Å². The molecule has 0 bridgehead atoms. The third-order valence-corrected chi connectivity index (χ3v) is 30.1. The number of nitrogen functional groups attached to an aromatic ring is 4. The molecular formula is C102H130N32O15. The Hall–Kier alpha value is -15.1. The molecule has 8 saturated heterocycles. The smallest absolute Gasteiger partial charge is 0.322 e. The predicted octanol–water partition coefficient (Wildman–Crippen LogP) is 6.51. The van der Waals surface area contributed by atoms with Crippen molar-refractivity contribution in [1.82, 2.24) is 90.2 Å². The summed E-state index contributed by atoms with van der Waals surface area (Å²) in [7, 11) is 1.65. The third-order valence-electron chi connectivity index (χ3n) is 30.1. The van der Waals surface area contributed by atoms with Gasteiger partial charge < -0.3 is 114 Å². The Kier molecular flexibility index (Phi) is 32.9. The van der Waals surface area contributed by atoms with Gasteiger partial charge in [-0.25, -0.2) is 29.9 Å². The second-order valence-electron chi connectivity index (χ2n) is 41.1. The summed E-state index contributed by atoms with van der Waals surface area (Å²) in [6, 6.07) is 22.3. The highest BCUT2D eigenvalue weighted by molar-refractivity contribution is 6.00. The normalized spacial score (nSPS) is 21.1. The van der Waals surface area contributed by atoms with Crippen molar-refractivity contribution in [2.24, 2.45) is 40.2 Å². The minimum Gasteiger partial charge on any atom is -0.463 e. The molecule has 0 aromatic carbocycles. The van der Waals surface area contributed by atoms with Gasteiger partial charge in [-0.1, -0.05) is 0 Å². The number of likely N-dealkylation sites (tertiary alicyclic amines) is 2. The largest absolute Gasteiger partial charge is 0.463 e. The van der Waals surface area contributed by atoms with Crippen LogP contribution in [0, 0.1) is 39.9 Å². The van der Waals surface area contributed by atoms with Crippen molar-refractivity contribution in [3.8, 4) is 30.2 Å². The summed E-state index contributed by atoms with van der Waals surface area (Å²) < 4.78 is 34.2. The van der Waals surface area contributed by atoms with E-state index < -0.39 is 29.0 Å². The van der Waals surface area contributed by atoms with Gasteiger partial charge in [0.15, 0.2) is 28.6 Å². The first-order valence-electron chi connectivity index (χ1n) is 51.5. The van der Waals surface area contributed by atoms with Crippen LogP contribution >= 0.6 is 0 Å². The first-order valence-corrected chi connectivity index (χ1v) is 51.5. The number of hydrogen-bond donors (Lipinski definition) is 10. The fraction of sp³-hybridized carbons (Fsp3) is 0.559. The number of pyridine rings is 4. The maximum atomic E-state index is 13.6. The van der Waals surface area contributed by atoms with Crippen LogP contribution in [0.25, 0.3) is 0 Å². The van der Waals surface area contributed by atoms with Crippen LogP contribution in [-0.4, -0.2) is 281 Å². The van der Waals surface area contributed by atoms with Crippen molar-refractivity contribution >= 4 is 99.3 Å². The lowest BCUT2D eigenvalue weighted by atomic mass is 9.78. The number of nitriles is 2. The van der Waals surface area contributed by atoms with E-state index in [0.717, 1.165) is 183 Å². The number of nitrogens with one attached hydrogen (secondary N) is 2. The van der Waals surface area contributed by atoms with Crippen molar-refractivity contribution < 1.29 is 71.6 Å². The Morgan fingerprint density at radius 1 is 0.423 bits per heavy atom. The number of nitrogens with two attached hydrogens (primary N) is 8. The topological polar surface area (TPSA) is 689 Å². The molecule has 8 aromatic heterocycles. The molecule has 47 nitrogen and oxygen atoms in total. The number of carbonyl (C=O) groups excluding carboxylic acids is 9. The van der Waals surface area contributed by atoms with E-state index in [4.69, 9.17) is 79.6 Å². The minimum atomic E-state index is -0.652. The first-order chi connectivity index (χ1) is 71.7. The Morgan fingerprint density at radius 2 is 0.846 bits per heavy atom. The Labute approximate surface area is 861 Å². The molecule has 4 saturated carbocycles. The molecule has 4 aliphatic carbocycles. The second-order valence-corrected chi connectivity index (χ2v) is 41.1. The fourth-order valence-electron chi connectivity index (χ4n) is 20.2. The van der Waals surface area contributed by atoms with Crippen molar-refractivity contribution in [3.63, 3.8) is 0 Å². The Balaban J connectivity index is 0.000000135. The fourth-order valence-corrected chi connectivity index (χ4v) is 20.2. The highest BCUT2D eigenvalue weighted by atomic mass is 16.5. The molecule has 47 heteroatoms. The van der Waals surface area contributed by atoms with Gasteiger partial charge in [0.1, 0.15) is 36.2 Å². The standard InChI is InChI=1S/C27H37N7O5.2C25H31N9O3.C25H31N7O4/c1-37-15-18-4-2-10-34(18)26(36)22-14-23(32-27(31-22)39-16-19-5-3-13-38-19)33-11-8-17(9-12-33)21-7-6-20(28)24(30-21)25(29)35;1-24(7-2-8-24)33-21(36)20-30-22(32-23(31-20)37-14-25(13-26)9-10-25)34-11-5-15(6-12-34)17-4-3-16(27)18(29-17)19(28)35;1-25(7-2-8-25)33-22(36)21-30-23(32-24(31-21)37-13-16-11-15(16)12-26)34-9-5-14(6-10-34)18-4-3-17(27)19(29-18)20(28)35;26-17-4-5-18(28-22(17)23(27)34)15-6-10-31(11-7-15)21-14-19(25(35)32-8-2-9-32)29-24(30-21)20(33)13-16-3-1-12-36-16/h6-7,14,17-19H,2-5,8-13,15-16,28H2,1H3,(H2,29,35);3-4,15H,2,5-12,14,27H2,1H3,(H2,28,35)(H,33,36);3-4,14-16H,2,5-11,13,27H2,1H3,(H2,28,35)(H,33,36);4-5,14-16H,1-3,6-13,26H2,(H2,27,34)/t18-,19+;;15-,16+;16-/m0.01/s1. The molecule has 20 rings (SSSR count). The molecule has 788 valence electrons. The predicted molar refractivity (Wildman–Crippen MR) is 543 cm³/mol. The zero-order chi connectivity index (χ0) is 105. The molecule has 16 heterocycles. The summed E-state index contributed by atoms with van der Waals surface area (Å²) in [6.07, 6.45) is 20.8. The van der Waals surface area contributed by atoms with Gasteiger partial charge in [0.2, 0.25) is 29.3 Å². The number of piperidine rings is 4. The van der Waals surface area contributed by atoms with Crippen molar-refractivity contribution in [3.05, 3.63) is 135 Å². The van der Waals surface area contributed by atoms with E-state index in [1.165, 1.54) is 0 Å². The molecule has 0 radical (unpaired) electrons. The van der Waals surface area contributed by atoms with Crippen LogP contribution < -0.4 is 90.3 Å². The van der Waals surface area contributed by atoms with Gasteiger partial charge in [0, 0.05) is 174 Å². The summed E-state index contributed by atoms with van der Waals surface area (Å²) in [4.78, 5) is 186. The van der Waals surface area contributed by atoms with Gasteiger partial charge in [-0.2, -0.15) is 50.4 Å². The third kappa shape index (κ3) is 26.0. The number of rotatable bonds is 32. The highest BCUT2D eigenvalue weighted by Crippen LogP contribution is 2.46. The number of primary amides is 4. The van der Waals surface area contributed by atoms with Crippen LogP contribution in [0.15, 0.2) is 60.7 Å². The molecule has 0 spiro atoms. The second kappa shape index (κ2) is 46.5. The van der Waals surface area contributed by atoms with Crippen LogP contribution in [0.2, 0.25) is 0 Å². The summed E-state index contributed by atoms with van der Waals surface area (Å²) in [5.41, 5.74) is 49.1. The molecule has 18 N–H and O–H groups in total. The van der Waals surface area contributed by atoms with Crippen LogP contribution in [0.4, 0.5) is 46.3 Å². The molecule has 8 amide bonds. The number of Topliss-reactive ketones (excluding diaryl/α,β-unsaturated/α-hetero) is 1. The number of amides is 8. The summed E-state index contributed by atoms with van der Waals surface area (Å²) in [6.45, 7) is 14.0. The molecule has 12 fully saturated rings. The Bertz CT molecular complexity index is 6370. The number of anilines is 8. The lowest BCUT2D eigenvalue weighted by molar-refractivity contribution is 0.0606. The van der Waals surface area contributed by atoms with Gasteiger partial charge in [-0.15, -0.1) is 0 Å². The van der Waals surface area contributed by atoms with Crippen LogP contribution in [0.5, 0.6) is 18.0 Å². The highest BCUT2D eigenvalue weighted by Gasteiger charge is 2.46. The maximum absolute atomic E-state index is 13.6. The molecule has 8 aliphatic heterocycles. The average molecular weight is 2040 g/mol. The lowest BCUT2D eigenvalue weighted by Crippen LogP contribution is -2.51. The van der Waals surface area contributed by atoms with E-state index in [-0.39, 0.29) is 194 Å². The van der Waals surface area contributed by atoms with Crippen molar-refractivity contribution in [2.75, 3.05) is 161 Å². The zero-order valence-electron chi connectivity index (χ0n) is 84.2. The van der Waals surface area contributed by atoms with E-state index in [2.05, 4.69) is 102 Å². The summed E-state index contributed by atoms with van der Waals surface area (Å²) >= 11 is 0. The van der Waals surface area contributed by atoms with Crippen LogP contribution in [0.3, 0.4) is 0 Å².